The van der Waals surface area contributed by atoms with Crippen LogP contribution in [0.4, 0.5) is 4.79 Å². The molecule has 0 aromatic rings. The van der Waals surface area contributed by atoms with E-state index in [0.717, 1.165) is 0 Å². The Labute approximate surface area is 93.1 Å². The number of carbonyl (C=O) groups is 2. The number of hydrogen-bond acceptors (Lipinski definition) is 3. The number of alkyl carbamates (subject to hydrolysis) is 1. The topological polar surface area (TPSA) is 75.6 Å². The van der Waals surface area contributed by atoms with Gasteiger partial charge < -0.3 is 15.2 Å². The Balaban J connectivity index is 3.93. The number of halogens is 1. The largest absolute Gasteiger partial charge is 0.477 e. The van der Waals surface area contributed by atoms with Gasteiger partial charge in [0, 0.05) is 6.54 Å². The maximum atomic E-state index is 11.1. The second-order valence-electron chi connectivity index (χ2n) is 3.74. The van der Waals surface area contributed by atoms with Gasteiger partial charge in [-0.15, -0.1) is 0 Å². The SMILES string of the molecule is CC(C)(C)OC(=O)NCC=C(Cl)C(=O)O. The van der Waals surface area contributed by atoms with E-state index in [1.165, 1.54) is 6.08 Å². The van der Waals surface area contributed by atoms with Gasteiger partial charge >= 0.3 is 12.1 Å². The maximum Gasteiger partial charge on any atom is 0.407 e. The summed E-state index contributed by atoms with van der Waals surface area (Å²) >= 11 is 5.30. The normalized spacial score (nSPS) is 12.1. The number of nitrogens with one attached hydrogen (secondary N) is 1. The minimum Gasteiger partial charge on any atom is -0.477 e. The number of carboxylic acid groups (broad SMARTS) is 1. The van der Waals surface area contributed by atoms with Gasteiger partial charge in [0.15, 0.2) is 0 Å². The smallest absolute Gasteiger partial charge is 0.407 e. The van der Waals surface area contributed by atoms with E-state index in [9.17, 15) is 9.59 Å². The number of carbonyl (C=O) groups excluding carboxylic acids is 1. The molecule has 6 heteroatoms. The van der Waals surface area contributed by atoms with Gasteiger partial charge in [0.1, 0.15) is 10.6 Å². The fourth-order valence-corrected chi connectivity index (χ4v) is 0.703. The summed E-state index contributed by atoms with van der Waals surface area (Å²) in [5.41, 5.74) is -0.579. The molecule has 0 spiro atoms. The molecule has 0 fully saturated rings. The number of rotatable bonds is 3. The minimum absolute atomic E-state index is 0.0139. The van der Waals surface area contributed by atoms with Gasteiger partial charge in [0.2, 0.25) is 0 Å². The molecular weight excluding hydrogens is 222 g/mol. The molecule has 0 saturated heterocycles. The predicted molar refractivity (Wildman–Crippen MR) is 55.8 cm³/mol. The van der Waals surface area contributed by atoms with Crippen LogP contribution in [0.3, 0.4) is 0 Å². The van der Waals surface area contributed by atoms with Crippen molar-refractivity contribution in [3.05, 3.63) is 11.1 Å². The molecule has 15 heavy (non-hydrogen) atoms. The Kier molecular flexibility index (Phi) is 5.14. The molecule has 0 aliphatic heterocycles. The molecule has 5 nitrogen and oxygen atoms in total. The highest BCUT2D eigenvalue weighted by Crippen LogP contribution is 2.06. The first-order valence-electron chi connectivity index (χ1n) is 4.28. The van der Waals surface area contributed by atoms with Crippen LogP contribution in [0.15, 0.2) is 11.1 Å². The van der Waals surface area contributed by atoms with Gasteiger partial charge in [-0.3, -0.25) is 0 Å². The fraction of sp³-hybridized carbons (Fsp3) is 0.556. The van der Waals surface area contributed by atoms with E-state index in [2.05, 4.69) is 5.32 Å². The first-order valence-corrected chi connectivity index (χ1v) is 4.66. The summed E-state index contributed by atoms with van der Waals surface area (Å²) in [5, 5.41) is 10.4. The monoisotopic (exact) mass is 235 g/mol. The Morgan fingerprint density at radius 2 is 2.00 bits per heavy atom. The summed E-state index contributed by atoms with van der Waals surface area (Å²) < 4.78 is 4.91. The molecule has 86 valence electrons. The summed E-state index contributed by atoms with van der Waals surface area (Å²) in [6.07, 6.45) is 0.557. The van der Waals surface area contributed by atoms with Gasteiger partial charge in [-0.25, -0.2) is 9.59 Å². The first-order chi connectivity index (χ1) is 6.72. The van der Waals surface area contributed by atoms with Crippen molar-refractivity contribution in [3.63, 3.8) is 0 Å². The zero-order valence-corrected chi connectivity index (χ0v) is 9.59. The summed E-state index contributed by atoms with van der Waals surface area (Å²) in [6.45, 7) is 5.20. The molecule has 2 N–H and O–H groups in total. The van der Waals surface area contributed by atoms with E-state index in [1.54, 1.807) is 20.8 Å². The first kappa shape index (κ1) is 13.8. The molecular formula is C9H14ClNO4. The fourth-order valence-electron chi connectivity index (χ4n) is 0.625. The number of ether oxygens (including phenoxy) is 1. The third kappa shape index (κ3) is 7.81. The molecule has 0 aliphatic rings. The van der Waals surface area contributed by atoms with Gasteiger partial charge in [0.05, 0.1) is 0 Å². The highest BCUT2D eigenvalue weighted by Gasteiger charge is 2.15. The van der Waals surface area contributed by atoms with E-state index >= 15 is 0 Å². The van der Waals surface area contributed by atoms with E-state index < -0.39 is 17.7 Å². The highest BCUT2D eigenvalue weighted by molar-refractivity contribution is 6.40. The van der Waals surface area contributed by atoms with Gasteiger partial charge in [-0.1, -0.05) is 11.6 Å². The van der Waals surface area contributed by atoms with Crippen molar-refractivity contribution in [2.24, 2.45) is 0 Å². The Morgan fingerprint density at radius 3 is 2.40 bits per heavy atom. The molecule has 0 radical (unpaired) electrons. The van der Waals surface area contributed by atoms with E-state index in [1.807, 2.05) is 0 Å². The van der Waals surface area contributed by atoms with Gasteiger partial charge in [0.25, 0.3) is 0 Å². The van der Waals surface area contributed by atoms with Crippen LogP contribution in [0, 0.1) is 0 Å². The van der Waals surface area contributed by atoms with E-state index in [-0.39, 0.29) is 11.6 Å². The summed E-state index contributed by atoms with van der Waals surface area (Å²) in [7, 11) is 0. The molecule has 0 heterocycles. The minimum atomic E-state index is -1.23. The predicted octanol–water partition coefficient (Wildman–Crippen LogP) is 1.72. The lowest BCUT2D eigenvalue weighted by molar-refractivity contribution is -0.131. The number of carboxylic acids is 1. The van der Waals surface area contributed by atoms with Crippen LogP contribution in [0.5, 0.6) is 0 Å². The van der Waals surface area contributed by atoms with Crippen LogP contribution in [-0.4, -0.2) is 29.3 Å². The lowest BCUT2D eigenvalue weighted by Crippen LogP contribution is -2.32. The lowest BCUT2D eigenvalue weighted by Gasteiger charge is -2.19. The number of aliphatic carboxylic acids is 1. The quantitative estimate of drug-likeness (QED) is 0.731. The Hall–Kier alpha value is -1.23. The van der Waals surface area contributed by atoms with Crippen molar-refractivity contribution in [1.82, 2.24) is 5.32 Å². The van der Waals surface area contributed by atoms with Crippen molar-refractivity contribution < 1.29 is 19.4 Å². The van der Waals surface area contributed by atoms with Crippen LogP contribution in [0.1, 0.15) is 20.8 Å². The molecule has 0 atom stereocenters. The highest BCUT2D eigenvalue weighted by atomic mass is 35.5. The summed E-state index contributed by atoms with van der Waals surface area (Å²) in [6, 6.07) is 0. The molecule has 0 aromatic carbocycles. The van der Waals surface area contributed by atoms with Crippen molar-refractivity contribution in [1.29, 1.82) is 0 Å². The number of hydrogen-bond donors (Lipinski definition) is 2. The zero-order chi connectivity index (χ0) is 12.1. The standard InChI is InChI=1S/C9H14ClNO4/c1-9(2,3)15-8(14)11-5-4-6(10)7(12)13/h4H,5H2,1-3H3,(H,11,14)(H,12,13). The van der Waals surface area contributed by atoms with Crippen LogP contribution < -0.4 is 5.32 Å². The van der Waals surface area contributed by atoms with Crippen LogP contribution >= 0.6 is 11.6 Å². The van der Waals surface area contributed by atoms with Gasteiger partial charge in [-0.2, -0.15) is 0 Å². The van der Waals surface area contributed by atoms with Crippen molar-refractivity contribution in [2.75, 3.05) is 6.54 Å². The molecule has 0 bridgehead atoms. The summed E-state index contributed by atoms with van der Waals surface area (Å²) in [4.78, 5) is 21.3. The Bertz CT molecular complexity index is 280. The zero-order valence-electron chi connectivity index (χ0n) is 8.83. The average molecular weight is 236 g/mol. The lowest BCUT2D eigenvalue weighted by atomic mass is 10.2. The van der Waals surface area contributed by atoms with Gasteiger partial charge in [-0.05, 0) is 26.8 Å². The number of amides is 1. The van der Waals surface area contributed by atoms with E-state index in [0.29, 0.717) is 0 Å². The molecule has 0 aromatic heterocycles. The Morgan fingerprint density at radius 1 is 1.47 bits per heavy atom. The van der Waals surface area contributed by atoms with Crippen LogP contribution in [-0.2, 0) is 9.53 Å². The van der Waals surface area contributed by atoms with Crippen molar-refractivity contribution in [2.45, 2.75) is 26.4 Å². The average Bonchev–Trinajstić information content (AvgIpc) is 2.00. The molecule has 0 unspecified atom stereocenters. The van der Waals surface area contributed by atoms with E-state index in [4.69, 9.17) is 21.4 Å². The second-order valence-corrected chi connectivity index (χ2v) is 4.15. The van der Waals surface area contributed by atoms with Crippen molar-refractivity contribution in [3.8, 4) is 0 Å². The summed E-state index contributed by atoms with van der Waals surface area (Å²) in [5.74, 6) is -1.23. The van der Waals surface area contributed by atoms with Crippen LogP contribution in [0.2, 0.25) is 0 Å². The molecule has 1 amide bonds. The third-order valence-electron chi connectivity index (χ3n) is 1.13. The van der Waals surface area contributed by atoms with Crippen molar-refractivity contribution >= 4 is 23.7 Å². The second kappa shape index (κ2) is 5.60. The molecule has 0 aliphatic carbocycles. The molecule has 0 saturated carbocycles. The maximum absolute atomic E-state index is 11.1. The molecule has 0 rings (SSSR count). The van der Waals surface area contributed by atoms with Crippen LogP contribution in [0.25, 0.3) is 0 Å². The third-order valence-corrected chi connectivity index (χ3v) is 1.45.